The Morgan fingerprint density at radius 2 is 1.93 bits per heavy atom. The third kappa shape index (κ3) is 7.18. The first-order chi connectivity index (χ1) is 14.2. The Hall–Kier alpha value is -1.22. The molecule has 6 nitrogen and oxygen atoms in total. The minimum absolute atomic E-state index is 0. The third-order valence-electron chi connectivity index (χ3n) is 6.09. The largest absolute Gasteiger partial charge is 0.493 e. The van der Waals surface area contributed by atoms with Crippen LogP contribution >= 0.6 is 24.0 Å². The van der Waals surface area contributed by atoms with Crippen LogP contribution < -0.4 is 14.8 Å². The molecule has 30 heavy (non-hydrogen) atoms. The quantitative estimate of drug-likeness (QED) is 0.305. The lowest BCUT2D eigenvalue weighted by Crippen LogP contribution is -2.39. The van der Waals surface area contributed by atoms with Gasteiger partial charge in [-0.05, 0) is 56.9 Å². The normalized spacial score (nSPS) is 18.0. The second-order valence-electron chi connectivity index (χ2n) is 8.14. The van der Waals surface area contributed by atoms with E-state index in [0.29, 0.717) is 12.6 Å². The maximum absolute atomic E-state index is 6.35. The lowest BCUT2D eigenvalue weighted by Gasteiger charge is -2.27. The van der Waals surface area contributed by atoms with Crippen molar-refractivity contribution >= 4 is 29.9 Å². The van der Waals surface area contributed by atoms with E-state index in [1.54, 1.807) is 7.11 Å². The monoisotopic (exact) mass is 531 g/mol. The molecule has 1 saturated carbocycles. The molecule has 1 saturated heterocycles. The van der Waals surface area contributed by atoms with Gasteiger partial charge in [0.15, 0.2) is 17.5 Å². The van der Waals surface area contributed by atoms with Crippen molar-refractivity contribution in [1.82, 2.24) is 10.2 Å². The lowest BCUT2D eigenvalue weighted by atomic mass is 9.96. The molecule has 0 unspecified atom stereocenters. The number of nitrogens with one attached hydrogen (secondary N) is 1. The number of halogens is 1. The van der Waals surface area contributed by atoms with Crippen molar-refractivity contribution in [3.63, 3.8) is 0 Å². The predicted molar refractivity (Wildman–Crippen MR) is 132 cm³/mol. The van der Waals surface area contributed by atoms with Gasteiger partial charge in [-0.25, -0.2) is 0 Å². The van der Waals surface area contributed by atoms with E-state index in [0.717, 1.165) is 61.5 Å². The molecule has 0 aromatic heterocycles. The summed E-state index contributed by atoms with van der Waals surface area (Å²) < 4.78 is 17.4. The molecule has 1 aromatic carbocycles. The standard InChI is InChI=1S/C23H37N3O3.HI/c1-24-23(26(2)14-11-18-12-15-28-16-13-18)25-17-19-7-6-10-21(27-3)22(19)29-20-8-4-5-9-20;/h6-7,10,18,20H,4-5,8-9,11-17H2,1-3H3,(H,24,25);1H. The van der Waals surface area contributed by atoms with Gasteiger partial charge in [0.05, 0.1) is 13.2 Å². The van der Waals surface area contributed by atoms with Crippen molar-refractivity contribution in [2.45, 2.75) is 57.6 Å². The Balaban J connectivity index is 0.00000320. The van der Waals surface area contributed by atoms with Crippen LogP contribution in [0.4, 0.5) is 0 Å². The average molecular weight is 531 g/mol. The first kappa shape index (κ1) is 25.0. The first-order valence-electron chi connectivity index (χ1n) is 11.0. The number of methoxy groups -OCH3 is 1. The molecular weight excluding hydrogens is 493 g/mol. The minimum atomic E-state index is 0. The van der Waals surface area contributed by atoms with Crippen LogP contribution in [0.25, 0.3) is 0 Å². The summed E-state index contributed by atoms with van der Waals surface area (Å²) in [6, 6.07) is 6.10. The molecule has 0 spiro atoms. The van der Waals surface area contributed by atoms with Crippen LogP contribution in [0.3, 0.4) is 0 Å². The number of hydrogen-bond donors (Lipinski definition) is 1. The average Bonchev–Trinajstić information content (AvgIpc) is 3.27. The van der Waals surface area contributed by atoms with Crippen molar-refractivity contribution in [2.75, 3.05) is 41.0 Å². The smallest absolute Gasteiger partial charge is 0.193 e. The molecule has 2 aliphatic rings. The number of ether oxygens (including phenoxy) is 3. The van der Waals surface area contributed by atoms with Crippen LogP contribution in [-0.2, 0) is 11.3 Å². The summed E-state index contributed by atoms with van der Waals surface area (Å²) in [5.41, 5.74) is 1.11. The third-order valence-corrected chi connectivity index (χ3v) is 6.09. The van der Waals surface area contributed by atoms with Gasteiger partial charge in [-0.3, -0.25) is 4.99 Å². The SMILES string of the molecule is CN=C(NCc1cccc(OC)c1OC1CCCC1)N(C)CCC1CCOCC1.I. The molecule has 1 aliphatic heterocycles. The highest BCUT2D eigenvalue weighted by molar-refractivity contribution is 14.0. The molecule has 1 aromatic rings. The minimum Gasteiger partial charge on any atom is -0.493 e. The molecule has 0 bridgehead atoms. The summed E-state index contributed by atoms with van der Waals surface area (Å²) in [5.74, 6) is 3.34. The van der Waals surface area contributed by atoms with Crippen LogP contribution in [0, 0.1) is 5.92 Å². The Bertz CT molecular complexity index is 659. The summed E-state index contributed by atoms with van der Waals surface area (Å²) in [6.45, 7) is 3.46. The van der Waals surface area contributed by atoms with Gasteiger partial charge in [0.2, 0.25) is 0 Å². The van der Waals surface area contributed by atoms with Gasteiger partial charge < -0.3 is 24.4 Å². The fraction of sp³-hybridized carbons (Fsp3) is 0.696. The summed E-state index contributed by atoms with van der Waals surface area (Å²) in [4.78, 5) is 6.69. The second-order valence-corrected chi connectivity index (χ2v) is 8.14. The second kappa shape index (κ2) is 13.2. The molecule has 170 valence electrons. The zero-order valence-electron chi connectivity index (χ0n) is 18.7. The van der Waals surface area contributed by atoms with Crippen LogP contribution in [0.1, 0.15) is 50.5 Å². The molecular formula is C23H38IN3O3. The maximum atomic E-state index is 6.35. The topological polar surface area (TPSA) is 55.3 Å². The van der Waals surface area contributed by atoms with E-state index in [4.69, 9.17) is 14.2 Å². The van der Waals surface area contributed by atoms with Crippen LogP contribution in [-0.4, -0.2) is 57.9 Å². The number of nitrogens with zero attached hydrogens (tertiary/aromatic N) is 2. The van der Waals surface area contributed by atoms with Crippen molar-refractivity contribution in [3.8, 4) is 11.5 Å². The number of rotatable bonds is 8. The van der Waals surface area contributed by atoms with Crippen molar-refractivity contribution in [1.29, 1.82) is 0 Å². The Morgan fingerprint density at radius 1 is 1.20 bits per heavy atom. The van der Waals surface area contributed by atoms with Crippen molar-refractivity contribution in [3.05, 3.63) is 23.8 Å². The lowest BCUT2D eigenvalue weighted by molar-refractivity contribution is 0.0625. The number of para-hydroxylation sites is 1. The molecule has 0 radical (unpaired) electrons. The van der Waals surface area contributed by atoms with Gasteiger partial charge in [-0.2, -0.15) is 0 Å². The fourth-order valence-electron chi connectivity index (χ4n) is 4.24. The van der Waals surface area contributed by atoms with Crippen molar-refractivity contribution < 1.29 is 14.2 Å². The predicted octanol–water partition coefficient (Wildman–Crippen LogP) is 4.46. The summed E-state index contributed by atoms with van der Waals surface area (Å²) >= 11 is 0. The molecule has 3 rings (SSSR count). The molecule has 1 aliphatic carbocycles. The summed E-state index contributed by atoms with van der Waals surface area (Å²) in [6.07, 6.45) is 8.57. The zero-order chi connectivity index (χ0) is 20.5. The van der Waals surface area contributed by atoms with Gasteiger partial charge in [0.25, 0.3) is 0 Å². The molecule has 1 heterocycles. The first-order valence-corrected chi connectivity index (χ1v) is 11.0. The van der Waals surface area contributed by atoms with Gasteiger partial charge >= 0.3 is 0 Å². The Labute approximate surface area is 198 Å². The van der Waals surface area contributed by atoms with Crippen LogP contribution in [0.2, 0.25) is 0 Å². The molecule has 1 N–H and O–H groups in total. The zero-order valence-corrected chi connectivity index (χ0v) is 21.0. The number of hydrogen-bond acceptors (Lipinski definition) is 4. The number of guanidine groups is 1. The highest BCUT2D eigenvalue weighted by Gasteiger charge is 2.21. The molecule has 0 amide bonds. The van der Waals surface area contributed by atoms with Crippen molar-refractivity contribution in [2.24, 2.45) is 10.9 Å². The van der Waals surface area contributed by atoms with E-state index in [1.165, 1.54) is 32.1 Å². The van der Waals surface area contributed by atoms with Gasteiger partial charge in [0, 0.05) is 46.0 Å². The Kier molecular flexibility index (Phi) is 11.1. The maximum Gasteiger partial charge on any atom is 0.193 e. The van der Waals surface area contributed by atoms with E-state index in [1.807, 2.05) is 19.2 Å². The van der Waals surface area contributed by atoms with E-state index < -0.39 is 0 Å². The molecule has 0 atom stereocenters. The van der Waals surface area contributed by atoms with Crippen LogP contribution in [0.15, 0.2) is 23.2 Å². The summed E-state index contributed by atoms with van der Waals surface area (Å²) in [7, 11) is 5.65. The van der Waals surface area contributed by atoms with E-state index in [-0.39, 0.29) is 24.0 Å². The van der Waals surface area contributed by atoms with E-state index in [2.05, 4.69) is 28.3 Å². The van der Waals surface area contributed by atoms with Gasteiger partial charge in [0.1, 0.15) is 0 Å². The highest BCUT2D eigenvalue weighted by atomic mass is 127. The fourth-order valence-corrected chi connectivity index (χ4v) is 4.24. The van der Waals surface area contributed by atoms with Crippen LogP contribution in [0.5, 0.6) is 11.5 Å². The highest BCUT2D eigenvalue weighted by Crippen LogP contribution is 2.34. The van der Waals surface area contributed by atoms with Gasteiger partial charge in [-0.1, -0.05) is 12.1 Å². The van der Waals surface area contributed by atoms with E-state index >= 15 is 0 Å². The van der Waals surface area contributed by atoms with Gasteiger partial charge in [-0.15, -0.1) is 24.0 Å². The summed E-state index contributed by atoms with van der Waals surface area (Å²) in [5, 5.41) is 3.51. The van der Waals surface area contributed by atoms with E-state index in [9.17, 15) is 0 Å². The Morgan fingerprint density at radius 3 is 2.60 bits per heavy atom. The number of aliphatic imine (C=N–C) groups is 1. The molecule has 2 fully saturated rings. The number of benzene rings is 1. The molecule has 7 heteroatoms.